The van der Waals surface area contributed by atoms with Gasteiger partial charge in [-0.05, 0) is 36.1 Å². The minimum Gasteiger partial charge on any atom is -0.300 e. The number of nitrogens with one attached hydrogen (secondary N) is 1. The van der Waals surface area contributed by atoms with E-state index in [-0.39, 0.29) is 11.8 Å². The average Bonchev–Trinajstić information content (AvgIpc) is 3.27. The quantitative estimate of drug-likeness (QED) is 0.718. The summed E-state index contributed by atoms with van der Waals surface area (Å²) in [5.74, 6) is -0.224. The fourth-order valence-electron chi connectivity index (χ4n) is 3.83. The van der Waals surface area contributed by atoms with Gasteiger partial charge in [0.2, 0.25) is 11.0 Å². The lowest BCUT2D eigenvalue weighted by Crippen LogP contribution is -2.37. The van der Waals surface area contributed by atoms with Gasteiger partial charge in [-0.3, -0.25) is 9.59 Å². The summed E-state index contributed by atoms with van der Waals surface area (Å²) in [6, 6.07) is 15.6. The van der Waals surface area contributed by atoms with E-state index in [1.165, 1.54) is 11.3 Å². The smallest absolute Gasteiger partial charge is 0.233 e. The van der Waals surface area contributed by atoms with Crippen LogP contribution in [0.15, 0.2) is 54.0 Å². The summed E-state index contributed by atoms with van der Waals surface area (Å²) < 4.78 is 0. The molecule has 4 rings (SSSR count). The van der Waals surface area contributed by atoms with Gasteiger partial charge < -0.3 is 5.32 Å². The van der Waals surface area contributed by atoms with E-state index in [2.05, 4.69) is 15.5 Å². The predicted octanol–water partition coefficient (Wildman–Crippen LogP) is 3.68. The van der Waals surface area contributed by atoms with Crippen LogP contribution in [-0.2, 0) is 11.2 Å². The molecular formula is C20H17N3O2S. The number of carbonyl (C=O) groups excluding carboxylic acids is 2. The Morgan fingerprint density at radius 2 is 2.08 bits per heavy atom. The van der Waals surface area contributed by atoms with E-state index in [0.29, 0.717) is 17.1 Å². The molecule has 1 aliphatic rings. The van der Waals surface area contributed by atoms with Crippen molar-refractivity contribution in [2.75, 3.05) is 5.32 Å². The van der Waals surface area contributed by atoms with Crippen LogP contribution < -0.4 is 5.32 Å². The number of aromatic nitrogens is 2. The number of benzene rings is 2. The van der Waals surface area contributed by atoms with Crippen LogP contribution in [-0.4, -0.2) is 22.4 Å². The Bertz CT molecular complexity index is 956. The van der Waals surface area contributed by atoms with E-state index in [0.717, 1.165) is 23.0 Å². The fourth-order valence-corrected chi connectivity index (χ4v) is 4.27. The maximum Gasteiger partial charge on any atom is 0.233 e. The van der Waals surface area contributed by atoms with E-state index in [9.17, 15) is 9.59 Å². The molecule has 2 aromatic carbocycles. The van der Waals surface area contributed by atoms with Crippen LogP contribution in [0.3, 0.4) is 0 Å². The van der Waals surface area contributed by atoms with Crippen molar-refractivity contribution in [1.29, 1.82) is 0 Å². The Hall–Kier alpha value is -2.86. The Morgan fingerprint density at radius 3 is 2.77 bits per heavy atom. The third-order valence-corrected chi connectivity index (χ3v) is 5.65. The summed E-state index contributed by atoms with van der Waals surface area (Å²) in [4.78, 5) is 24.5. The molecule has 1 aliphatic carbocycles. The summed E-state index contributed by atoms with van der Waals surface area (Å²) in [7, 11) is 0. The minimum atomic E-state index is -0.684. The number of hydrogen-bond donors (Lipinski definition) is 1. The van der Waals surface area contributed by atoms with E-state index in [1.54, 1.807) is 5.51 Å². The van der Waals surface area contributed by atoms with Crippen LogP contribution in [0.5, 0.6) is 0 Å². The van der Waals surface area contributed by atoms with Crippen molar-refractivity contribution in [2.24, 2.45) is 5.41 Å². The van der Waals surface area contributed by atoms with Crippen molar-refractivity contribution in [1.82, 2.24) is 10.2 Å². The Morgan fingerprint density at radius 1 is 1.27 bits per heavy atom. The summed E-state index contributed by atoms with van der Waals surface area (Å²) in [6.07, 6.45) is 1.45. The van der Waals surface area contributed by atoms with Crippen molar-refractivity contribution < 1.29 is 9.59 Å². The van der Waals surface area contributed by atoms with Crippen molar-refractivity contribution >= 4 is 28.7 Å². The molecule has 6 heteroatoms. The number of fused-ring (bicyclic) bond motifs is 1. The zero-order chi connectivity index (χ0) is 18.1. The first-order valence-corrected chi connectivity index (χ1v) is 9.20. The second-order valence-electron chi connectivity index (χ2n) is 6.71. The first-order chi connectivity index (χ1) is 12.6. The average molecular weight is 363 g/mol. The highest BCUT2D eigenvalue weighted by atomic mass is 32.1. The van der Waals surface area contributed by atoms with Gasteiger partial charge in [-0.25, -0.2) is 0 Å². The number of nitrogens with zero attached hydrogens (tertiary/aromatic N) is 2. The molecule has 130 valence electrons. The number of rotatable bonds is 4. The molecule has 0 spiro atoms. The van der Waals surface area contributed by atoms with Gasteiger partial charge in [0, 0.05) is 11.5 Å². The van der Waals surface area contributed by atoms with Gasteiger partial charge in [-0.2, -0.15) is 0 Å². The zero-order valence-corrected chi connectivity index (χ0v) is 15.0. The highest BCUT2D eigenvalue weighted by molar-refractivity contribution is 7.13. The maximum absolute atomic E-state index is 13.2. The van der Waals surface area contributed by atoms with E-state index in [4.69, 9.17) is 0 Å². The summed E-state index contributed by atoms with van der Waals surface area (Å²) in [6.45, 7) is 1.97. The molecule has 2 atom stereocenters. The van der Waals surface area contributed by atoms with Crippen LogP contribution in [0.25, 0.3) is 0 Å². The molecule has 0 unspecified atom stereocenters. The standard InChI is InChI=1S/C20H17N3O2S/c1-20(18(25)22-19-23-21-12-26-19)10-15-8-7-13(11-24)9-16(15)17(20)14-5-3-2-4-6-14/h2-9,11-12,17H,10H2,1H3,(H,22,23,25)/t17-,20+/m0/s1. The summed E-state index contributed by atoms with van der Waals surface area (Å²) in [5, 5.41) is 11.1. The van der Waals surface area contributed by atoms with E-state index in [1.807, 2.05) is 55.5 Å². The van der Waals surface area contributed by atoms with Crippen molar-refractivity contribution in [3.8, 4) is 0 Å². The fraction of sp³-hybridized carbons (Fsp3) is 0.200. The number of aldehydes is 1. The van der Waals surface area contributed by atoms with Crippen molar-refractivity contribution in [3.05, 3.63) is 76.3 Å². The number of hydrogen-bond acceptors (Lipinski definition) is 5. The monoisotopic (exact) mass is 363 g/mol. The van der Waals surface area contributed by atoms with Crippen molar-refractivity contribution in [3.63, 3.8) is 0 Å². The molecule has 1 aromatic heterocycles. The third-order valence-electron chi connectivity index (χ3n) is 5.04. The lowest BCUT2D eigenvalue weighted by molar-refractivity contribution is -0.125. The largest absolute Gasteiger partial charge is 0.300 e. The molecule has 0 radical (unpaired) electrons. The van der Waals surface area contributed by atoms with Crippen LogP contribution in [0, 0.1) is 5.41 Å². The van der Waals surface area contributed by atoms with Gasteiger partial charge in [0.15, 0.2) is 0 Å². The number of amides is 1. The molecule has 0 saturated carbocycles. The normalized spacial score (nSPS) is 21.2. The highest BCUT2D eigenvalue weighted by Gasteiger charge is 2.48. The Labute approximate surface area is 155 Å². The topological polar surface area (TPSA) is 72.0 Å². The summed E-state index contributed by atoms with van der Waals surface area (Å²) in [5.41, 5.74) is 4.72. The molecular weight excluding hydrogens is 346 g/mol. The molecule has 0 bridgehead atoms. The first kappa shape index (κ1) is 16.6. The lowest BCUT2D eigenvalue weighted by Gasteiger charge is -2.30. The van der Waals surface area contributed by atoms with Gasteiger partial charge in [-0.15, -0.1) is 10.2 Å². The van der Waals surface area contributed by atoms with E-state index >= 15 is 0 Å². The van der Waals surface area contributed by atoms with Gasteiger partial charge in [0.05, 0.1) is 5.41 Å². The molecule has 1 heterocycles. The molecule has 0 saturated heterocycles. The third kappa shape index (κ3) is 2.72. The molecule has 5 nitrogen and oxygen atoms in total. The maximum atomic E-state index is 13.2. The van der Waals surface area contributed by atoms with Crippen LogP contribution in [0.4, 0.5) is 5.13 Å². The van der Waals surface area contributed by atoms with Crippen molar-refractivity contribution in [2.45, 2.75) is 19.3 Å². The number of anilines is 1. The molecule has 1 amide bonds. The van der Waals surface area contributed by atoms with Crippen LogP contribution >= 0.6 is 11.3 Å². The lowest BCUT2D eigenvalue weighted by atomic mass is 9.73. The summed E-state index contributed by atoms with van der Waals surface area (Å²) >= 11 is 1.30. The predicted molar refractivity (Wildman–Crippen MR) is 100 cm³/mol. The molecule has 26 heavy (non-hydrogen) atoms. The van der Waals surface area contributed by atoms with Gasteiger partial charge in [-0.1, -0.05) is 53.8 Å². The second-order valence-corrected chi connectivity index (χ2v) is 7.55. The first-order valence-electron chi connectivity index (χ1n) is 8.32. The Balaban J connectivity index is 1.80. The van der Waals surface area contributed by atoms with Crippen LogP contribution in [0.2, 0.25) is 0 Å². The SMILES string of the molecule is C[C@@]1(C(=O)Nc2nncs2)Cc2ccc(C=O)cc2[C@@H]1c1ccccc1. The number of carbonyl (C=O) groups is 2. The highest BCUT2D eigenvalue weighted by Crippen LogP contribution is 2.51. The van der Waals surface area contributed by atoms with Gasteiger partial charge >= 0.3 is 0 Å². The molecule has 0 fully saturated rings. The second kappa shape index (κ2) is 6.46. The minimum absolute atomic E-state index is 0.0908. The van der Waals surface area contributed by atoms with Crippen LogP contribution in [0.1, 0.15) is 39.9 Å². The zero-order valence-electron chi connectivity index (χ0n) is 14.2. The molecule has 0 aliphatic heterocycles. The molecule has 3 aromatic rings. The van der Waals surface area contributed by atoms with Gasteiger partial charge in [0.25, 0.3) is 0 Å². The van der Waals surface area contributed by atoms with E-state index < -0.39 is 5.41 Å². The van der Waals surface area contributed by atoms with Gasteiger partial charge in [0.1, 0.15) is 11.8 Å². The molecule has 1 N–H and O–H groups in total. The Kier molecular flexibility index (Phi) is 4.12.